The van der Waals surface area contributed by atoms with Crippen LogP contribution in [0.3, 0.4) is 0 Å². The topological polar surface area (TPSA) is 59.2 Å². The smallest absolute Gasteiger partial charge is 0.257 e. The van der Waals surface area contributed by atoms with E-state index in [4.69, 9.17) is 5.73 Å². The van der Waals surface area contributed by atoms with Crippen LogP contribution in [0, 0.1) is 0 Å². The molecule has 1 heterocycles. The molecule has 4 nitrogen and oxygen atoms in total. The van der Waals surface area contributed by atoms with E-state index in [9.17, 15) is 4.79 Å². The van der Waals surface area contributed by atoms with Crippen molar-refractivity contribution < 1.29 is 4.79 Å². The number of halogens is 1. The number of nitrogen functional groups attached to an aromatic ring is 1. The molecule has 2 rings (SSSR count). The van der Waals surface area contributed by atoms with Crippen LogP contribution in [0.15, 0.2) is 16.7 Å². The minimum atomic E-state index is 0.000648. The van der Waals surface area contributed by atoms with E-state index in [0.717, 1.165) is 23.9 Å². The molecule has 1 aliphatic rings. The van der Waals surface area contributed by atoms with Gasteiger partial charge in [0.25, 0.3) is 5.91 Å². The van der Waals surface area contributed by atoms with Crippen LogP contribution >= 0.6 is 15.9 Å². The third-order valence-electron chi connectivity index (χ3n) is 3.73. The first-order valence-electron chi connectivity index (χ1n) is 6.85. The summed E-state index contributed by atoms with van der Waals surface area (Å²) in [6, 6.07) is 2.11. The van der Waals surface area contributed by atoms with Gasteiger partial charge in [0, 0.05) is 23.3 Å². The first-order chi connectivity index (χ1) is 9.13. The van der Waals surface area contributed by atoms with Gasteiger partial charge in [0.15, 0.2) is 0 Å². The number of hydrogen-bond acceptors (Lipinski definition) is 3. The molecule has 0 unspecified atom stereocenters. The molecule has 0 aromatic carbocycles. The van der Waals surface area contributed by atoms with Gasteiger partial charge in [-0.05, 0) is 41.8 Å². The Hall–Kier alpha value is -1.10. The molecule has 0 aliphatic heterocycles. The highest BCUT2D eigenvalue weighted by atomic mass is 79.9. The predicted octanol–water partition coefficient (Wildman–Crippen LogP) is 3.22. The molecule has 1 saturated carbocycles. The molecule has 1 amide bonds. The summed E-state index contributed by atoms with van der Waals surface area (Å²) in [5.41, 5.74) is 6.33. The highest BCUT2D eigenvalue weighted by Gasteiger charge is 2.26. The maximum atomic E-state index is 12.6. The first kappa shape index (κ1) is 14.3. The molecule has 0 saturated heterocycles. The number of aromatic nitrogens is 1. The molecule has 2 N–H and O–H groups in total. The lowest BCUT2D eigenvalue weighted by molar-refractivity contribution is 0.0648. The normalized spacial score (nSPS) is 16.3. The van der Waals surface area contributed by atoms with Crippen LogP contribution in [0.5, 0.6) is 0 Å². The molecule has 0 radical (unpaired) electrons. The Balaban J connectivity index is 2.22. The zero-order chi connectivity index (χ0) is 13.8. The number of nitrogens with zero attached hydrogens (tertiary/aromatic N) is 2. The van der Waals surface area contributed by atoms with Gasteiger partial charge in [-0.1, -0.05) is 19.3 Å². The summed E-state index contributed by atoms with van der Waals surface area (Å²) in [7, 11) is 0. The molecular formula is C14H20BrN3O. The average molecular weight is 326 g/mol. The highest BCUT2D eigenvalue weighted by molar-refractivity contribution is 9.10. The molecule has 1 aromatic heterocycles. The zero-order valence-electron chi connectivity index (χ0n) is 11.2. The number of amides is 1. The van der Waals surface area contributed by atoms with Crippen molar-refractivity contribution in [3.8, 4) is 0 Å². The fourth-order valence-electron chi connectivity index (χ4n) is 2.74. The summed E-state index contributed by atoms with van der Waals surface area (Å²) in [5.74, 6) is 0.308. The molecule has 19 heavy (non-hydrogen) atoms. The van der Waals surface area contributed by atoms with Crippen molar-refractivity contribution in [2.75, 3.05) is 12.3 Å². The fraction of sp³-hybridized carbons (Fsp3) is 0.571. The predicted molar refractivity (Wildman–Crippen MR) is 79.9 cm³/mol. The van der Waals surface area contributed by atoms with Gasteiger partial charge in [-0.15, -0.1) is 0 Å². The number of rotatable bonds is 3. The van der Waals surface area contributed by atoms with Crippen molar-refractivity contribution in [3.05, 3.63) is 22.3 Å². The van der Waals surface area contributed by atoms with Crippen molar-refractivity contribution in [1.82, 2.24) is 9.88 Å². The van der Waals surface area contributed by atoms with Gasteiger partial charge < -0.3 is 10.6 Å². The number of pyridine rings is 1. The van der Waals surface area contributed by atoms with Crippen LogP contribution in [-0.4, -0.2) is 28.4 Å². The van der Waals surface area contributed by atoms with E-state index in [1.807, 2.05) is 11.8 Å². The zero-order valence-corrected chi connectivity index (χ0v) is 12.8. The van der Waals surface area contributed by atoms with Gasteiger partial charge in [-0.25, -0.2) is 4.98 Å². The molecular weight excluding hydrogens is 306 g/mol. The third-order valence-corrected chi connectivity index (χ3v) is 4.17. The minimum Gasteiger partial charge on any atom is -0.383 e. The summed E-state index contributed by atoms with van der Waals surface area (Å²) in [5, 5.41) is 0. The number of carbonyl (C=O) groups excluding carboxylic acids is 1. The van der Waals surface area contributed by atoms with Gasteiger partial charge in [0.05, 0.1) is 5.56 Å². The summed E-state index contributed by atoms with van der Waals surface area (Å²) in [6.45, 7) is 2.74. The van der Waals surface area contributed by atoms with E-state index in [0.29, 0.717) is 17.4 Å². The Morgan fingerprint density at radius 1 is 1.47 bits per heavy atom. The van der Waals surface area contributed by atoms with E-state index in [-0.39, 0.29) is 5.91 Å². The number of nitrogens with two attached hydrogens (primary N) is 1. The van der Waals surface area contributed by atoms with Crippen molar-refractivity contribution in [2.45, 2.75) is 45.1 Å². The van der Waals surface area contributed by atoms with Crippen molar-refractivity contribution in [2.24, 2.45) is 0 Å². The van der Waals surface area contributed by atoms with E-state index in [2.05, 4.69) is 20.9 Å². The lowest BCUT2D eigenvalue weighted by Gasteiger charge is -2.33. The van der Waals surface area contributed by atoms with Crippen LogP contribution in [0.2, 0.25) is 0 Å². The van der Waals surface area contributed by atoms with E-state index in [1.54, 1.807) is 12.3 Å². The summed E-state index contributed by atoms with van der Waals surface area (Å²) < 4.78 is 0.782. The Morgan fingerprint density at radius 3 is 2.79 bits per heavy atom. The number of carbonyl (C=O) groups is 1. The van der Waals surface area contributed by atoms with Gasteiger partial charge in [-0.3, -0.25) is 4.79 Å². The van der Waals surface area contributed by atoms with Crippen molar-refractivity contribution in [1.29, 1.82) is 0 Å². The van der Waals surface area contributed by atoms with Gasteiger partial charge in [0.1, 0.15) is 5.82 Å². The van der Waals surface area contributed by atoms with Crippen LogP contribution in [-0.2, 0) is 0 Å². The van der Waals surface area contributed by atoms with Gasteiger partial charge in [0.2, 0.25) is 0 Å². The maximum Gasteiger partial charge on any atom is 0.257 e. The summed E-state index contributed by atoms with van der Waals surface area (Å²) >= 11 is 3.34. The van der Waals surface area contributed by atoms with E-state index >= 15 is 0 Å². The summed E-state index contributed by atoms with van der Waals surface area (Å²) in [6.07, 6.45) is 7.51. The average Bonchev–Trinajstić information content (AvgIpc) is 2.43. The summed E-state index contributed by atoms with van der Waals surface area (Å²) in [4.78, 5) is 18.6. The molecule has 104 valence electrons. The van der Waals surface area contributed by atoms with Gasteiger partial charge >= 0.3 is 0 Å². The first-order valence-corrected chi connectivity index (χ1v) is 7.64. The van der Waals surface area contributed by atoms with Crippen molar-refractivity contribution in [3.63, 3.8) is 0 Å². The monoisotopic (exact) mass is 325 g/mol. The SMILES string of the molecule is CCN(C(=O)c1cc(Br)cnc1N)C1CCCCC1. The number of hydrogen-bond donors (Lipinski definition) is 1. The number of anilines is 1. The fourth-order valence-corrected chi connectivity index (χ4v) is 3.07. The molecule has 1 aromatic rings. The van der Waals surface area contributed by atoms with Crippen LogP contribution < -0.4 is 5.73 Å². The minimum absolute atomic E-state index is 0.000648. The van der Waals surface area contributed by atoms with Crippen LogP contribution in [0.25, 0.3) is 0 Å². The molecule has 5 heteroatoms. The molecule has 0 atom stereocenters. The van der Waals surface area contributed by atoms with Gasteiger partial charge in [-0.2, -0.15) is 0 Å². The highest BCUT2D eigenvalue weighted by Crippen LogP contribution is 2.25. The molecule has 0 spiro atoms. The van der Waals surface area contributed by atoms with E-state index < -0.39 is 0 Å². The van der Waals surface area contributed by atoms with E-state index in [1.165, 1.54) is 19.3 Å². The third kappa shape index (κ3) is 3.26. The second kappa shape index (κ2) is 6.37. The standard InChI is InChI=1S/C14H20BrN3O/c1-2-18(11-6-4-3-5-7-11)14(19)12-8-10(15)9-17-13(12)16/h8-9,11H,2-7H2,1H3,(H2,16,17). The van der Waals surface area contributed by atoms with Crippen LogP contribution in [0.1, 0.15) is 49.4 Å². The quantitative estimate of drug-likeness (QED) is 0.928. The molecule has 1 fully saturated rings. The van der Waals surface area contributed by atoms with Crippen molar-refractivity contribution >= 4 is 27.7 Å². The maximum absolute atomic E-state index is 12.6. The largest absolute Gasteiger partial charge is 0.383 e. The molecule has 1 aliphatic carbocycles. The lowest BCUT2D eigenvalue weighted by atomic mass is 9.93. The second-order valence-corrected chi connectivity index (χ2v) is 5.89. The lowest BCUT2D eigenvalue weighted by Crippen LogP contribution is -2.41. The Labute approximate surface area is 122 Å². The Bertz CT molecular complexity index is 458. The Kier molecular flexibility index (Phi) is 4.80. The molecule has 0 bridgehead atoms. The second-order valence-electron chi connectivity index (χ2n) is 4.97. The van der Waals surface area contributed by atoms with Crippen LogP contribution in [0.4, 0.5) is 5.82 Å². The Morgan fingerprint density at radius 2 is 2.16 bits per heavy atom.